The van der Waals surface area contributed by atoms with E-state index in [1.807, 2.05) is 6.07 Å². The molecule has 31 heavy (non-hydrogen) atoms. The Hall–Kier alpha value is -2.57. The highest BCUT2D eigenvalue weighted by Crippen LogP contribution is 2.38. The second-order valence-corrected chi connectivity index (χ2v) is 10.2. The fourth-order valence-corrected chi connectivity index (χ4v) is 5.48. The van der Waals surface area contributed by atoms with E-state index in [4.69, 9.17) is 10.00 Å². The van der Waals surface area contributed by atoms with E-state index in [1.54, 1.807) is 36.4 Å². The van der Waals surface area contributed by atoms with Crippen molar-refractivity contribution in [1.29, 1.82) is 5.26 Å². The van der Waals surface area contributed by atoms with Gasteiger partial charge in [0.25, 0.3) is 0 Å². The monoisotopic (exact) mass is 447 g/mol. The molecular formula is C22H23F2N3O3S. The summed E-state index contributed by atoms with van der Waals surface area (Å²) < 4.78 is 61.0. The van der Waals surface area contributed by atoms with Crippen LogP contribution in [0.1, 0.15) is 37.7 Å². The van der Waals surface area contributed by atoms with Crippen molar-refractivity contribution in [3.63, 3.8) is 0 Å². The number of pyridine rings is 1. The Balaban J connectivity index is 1.41. The van der Waals surface area contributed by atoms with Crippen molar-refractivity contribution in [2.45, 2.75) is 49.3 Å². The van der Waals surface area contributed by atoms with Gasteiger partial charge in [-0.25, -0.2) is 21.9 Å². The Morgan fingerprint density at radius 2 is 1.90 bits per heavy atom. The first-order chi connectivity index (χ1) is 14.8. The zero-order chi connectivity index (χ0) is 22.1. The molecule has 2 saturated carbocycles. The third-order valence-corrected chi connectivity index (χ3v) is 7.72. The van der Waals surface area contributed by atoms with Crippen LogP contribution in [-0.2, 0) is 10.0 Å². The minimum atomic E-state index is -3.46. The van der Waals surface area contributed by atoms with Crippen molar-refractivity contribution in [3.05, 3.63) is 48.2 Å². The highest BCUT2D eigenvalue weighted by molar-refractivity contribution is 7.90. The quantitative estimate of drug-likeness (QED) is 0.695. The Bertz CT molecular complexity index is 1060. The molecule has 164 valence electrons. The van der Waals surface area contributed by atoms with Crippen LogP contribution in [0.5, 0.6) is 5.75 Å². The lowest BCUT2D eigenvalue weighted by atomic mass is 9.83. The summed E-state index contributed by atoms with van der Waals surface area (Å²) >= 11 is 0. The molecule has 9 heteroatoms. The molecule has 2 aromatic rings. The summed E-state index contributed by atoms with van der Waals surface area (Å²) in [5.41, 5.74) is 2.00. The van der Waals surface area contributed by atoms with Crippen LogP contribution in [-0.4, -0.2) is 37.2 Å². The number of nitriles is 1. The first kappa shape index (κ1) is 21.7. The lowest BCUT2D eigenvalue weighted by molar-refractivity contribution is -0.0661. The Kier molecular flexibility index (Phi) is 5.95. The number of hydrogen-bond donors (Lipinski definition) is 1. The molecule has 6 nitrogen and oxygen atoms in total. The molecule has 0 amide bonds. The number of hydrogen-bond acceptors (Lipinski definition) is 5. The molecule has 2 aliphatic rings. The molecule has 2 atom stereocenters. The van der Waals surface area contributed by atoms with Crippen molar-refractivity contribution in [2.75, 3.05) is 6.61 Å². The summed E-state index contributed by atoms with van der Waals surface area (Å²) in [6, 6.07) is 11.9. The summed E-state index contributed by atoms with van der Waals surface area (Å²) in [7, 11) is -3.46. The van der Waals surface area contributed by atoms with Crippen LogP contribution in [0.2, 0.25) is 0 Å². The number of ether oxygens (including phenoxy) is 1. The van der Waals surface area contributed by atoms with Gasteiger partial charge >= 0.3 is 0 Å². The number of aromatic nitrogens is 1. The van der Waals surface area contributed by atoms with Crippen LogP contribution in [0.4, 0.5) is 8.78 Å². The maximum atomic E-state index is 14.0. The Labute approximate surface area is 180 Å². The van der Waals surface area contributed by atoms with E-state index in [2.05, 4.69) is 9.71 Å². The van der Waals surface area contributed by atoms with Gasteiger partial charge in [0.1, 0.15) is 11.8 Å². The van der Waals surface area contributed by atoms with Gasteiger partial charge in [0.15, 0.2) is 0 Å². The van der Waals surface area contributed by atoms with E-state index < -0.39 is 34.3 Å². The molecule has 0 saturated heterocycles. The summed E-state index contributed by atoms with van der Waals surface area (Å²) in [5.74, 6) is -2.92. The molecular weight excluding hydrogens is 424 g/mol. The molecule has 2 fully saturated rings. The molecule has 1 N–H and O–H groups in total. The number of halogens is 2. The lowest BCUT2D eigenvalue weighted by Gasteiger charge is -2.36. The third-order valence-electron chi connectivity index (χ3n) is 5.74. The molecule has 2 aliphatic carbocycles. The largest absolute Gasteiger partial charge is 0.493 e. The second-order valence-electron chi connectivity index (χ2n) is 8.21. The van der Waals surface area contributed by atoms with Gasteiger partial charge in [-0.05, 0) is 55.7 Å². The molecule has 0 bridgehead atoms. The summed E-state index contributed by atoms with van der Waals surface area (Å²) in [5, 5.41) is 8.47. The Morgan fingerprint density at radius 1 is 1.16 bits per heavy atom. The van der Waals surface area contributed by atoms with Gasteiger partial charge in [-0.2, -0.15) is 5.26 Å². The molecule has 4 rings (SSSR count). The van der Waals surface area contributed by atoms with E-state index >= 15 is 0 Å². The summed E-state index contributed by atoms with van der Waals surface area (Å²) in [6.45, 7) is 0.00189. The van der Waals surface area contributed by atoms with Gasteiger partial charge in [0, 0.05) is 36.6 Å². The smallest absolute Gasteiger partial charge is 0.248 e. The topological polar surface area (TPSA) is 92.1 Å². The first-order valence-electron chi connectivity index (χ1n) is 10.2. The Morgan fingerprint density at radius 3 is 2.52 bits per heavy atom. The third kappa shape index (κ3) is 5.38. The lowest BCUT2D eigenvalue weighted by Crippen LogP contribution is -2.49. The van der Waals surface area contributed by atoms with Crippen LogP contribution >= 0.6 is 0 Å². The number of nitrogens with one attached hydrogen (secondary N) is 1. The maximum absolute atomic E-state index is 14.0. The molecule has 1 aromatic carbocycles. The first-order valence-corrected chi connectivity index (χ1v) is 11.8. The zero-order valence-corrected chi connectivity index (χ0v) is 17.6. The predicted octanol–water partition coefficient (Wildman–Crippen LogP) is 3.88. The van der Waals surface area contributed by atoms with Crippen molar-refractivity contribution in [2.24, 2.45) is 5.92 Å². The number of sulfonamides is 1. The van der Waals surface area contributed by atoms with Gasteiger partial charge < -0.3 is 4.74 Å². The number of alkyl halides is 2. The second kappa shape index (κ2) is 8.52. The van der Waals surface area contributed by atoms with Crippen LogP contribution in [0.3, 0.4) is 0 Å². The number of benzene rings is 1. The molecule has 1 aromatic heterocycles. The average Bonchev–Trinajstić information content (AvgIpc) is 3.60. The highest BCUT2D eigenvalue weighted by atomic mass is 32.2. The van der Waals surface area contributed by atoms with E-state index in [9.17, 15) is 17.2 Å². The summed E-state index contributed by atoms with van der Waals surface area (Å²) in [6.07, 6.45) is 2.10. The number of nitrogens with zero attached hydrogens (tertiary/aromatic N) is 2. The standard InChI is InChI=1S/C22H23F2N3O3S/c23-22(24)10-9-21(27-31(28,29)19-6-7-19)17(11-22)14-30-18-4-2-16(3-5-18)20-8-1-15(12-25)13-26-20/h1-5,8,13,17,19,21,27H,6-7,9-11,14H2/t17-,21+/m1/s1. The molecule has 0 aliphatic heterocycles. The van der Waals surface area contributed by atoms with Crippen LogP contribution in [0, 0.1) is 17.2 Å². The predicted molar refractivity (Wildman–Crippen MR) is 111 cm³/mol. The number of rotatable bonds is 7. The van der Waals surface area contributed by atoms with Crippen LogP contribution in [0.25, 0.3) is 11.3 Å². The fraction of sp³-hybridized carbons (Fsp3) is 0.455. The SMILES string of the molecule is N#Cc1ccc(-c2ccc(OC[C@H]3CC(F)(F)CC[C@@H]3NS(=O)(=O)C3CC3)cc2)nc1. The molecule has 0 radical (unpaired) electrons. The van der Waals surface area contributed by atoms with Crippen molar-refractivity contribution >= 4 is 10.0 Å². The van der Waals surface area contributed by atoms with E-state index in [0.29, 0.717) is 29.8 Å². The normalized spacial score (nSPS) is 23.1. The van der Waals surface area contributed by atoms with Gasteiger partial charge in [-0.1, -0.05) is 0 Å². The van der Waals surface area contributed by atoms with Crippen molar-refractivity contribution in [3.8, 4) is 23.1 Å². The fourth-order valence-electron chi connectivity index (χ4n) is 3.80. The molecule has 0 spiro atoms. The van der Waals surface area contributed by atoms with E-state index in [1.165, 1.54) is 6.20 Å². The molecule has 0 unspecified atom stereocenters. The average molecular weight is 448 g/mol. The minimum absolute atomic E-state index is 0.00189. The maximum Gasteiger partial charge on any atom is 0.248 e. The zero-order valence-electron chi connectivity index (χ0n) is 16.8. The summed E-state index contributed by atoms with van der Waals surface area (Å²) in [4.78, 5) is 4.24. The van der Waals surface area contributed by atoms with Crippen molar-refractivity contribution < 1.29 is 21.9 Å². The van der Waals surface area contributed by atoms with Gasteiger partial charge in [-0.15, -0.1) is 0 Å². The van der Waals surface area contributed by atoms with Gasteiger partial charge in [0.2, 0.25) is 15.9 Å². The van der Waals surface area contributed by atoms with Gasteiger partial charge in [0.05, 0.1) is 23.1 Å². The van der Waals surface area contributed by atoms with Crippen molar-refractivity contribution in [1.82, 2.24) is 9.71 Å². The van der Waals surface area contributed by atoms with Crippen LogP contribution in [0.15, 0.2) is 42.6 Å². The van der Waals surface area contributed by atoms with E-state index in [-0.39, 0.29) is 24.7 Å². The van der Waals surface area contributed by atoms with Crippen LogP contribution < -0.4 is 9.46 Å². The van der Waals surface area contributed by atoms with Gasteiger partial charge in [-0.3, -0.25) is 4.98 Å². The minimum Gasteiger partial charge on any atom is -0.493 e. The molecule has 1 heterocycles. The highest BCUT2D eigenvalue weighted by Gasteiger charge is 2.45. The van der Waals surface area contributed by atoms with E-state index in [0.717, 1.165) is 5.56 Å².